The molecule has 5 nitrogen and oxygen atoms in total. The molecule has 0 spiro atoms. The van der Waals surface area contributed by atoms with Gasteiger partial charge in [0, 0.05) is 16.5 Å². The summed E-state index contributed by atoms with van der Waals surface area (Å²) in [6.07, 6.45) is 0. The molecule has 0 saturated carbocycles. The van der Waals surface area contributed by atoms with Gasteiger partial charge in [0.2, 0.25) is 0 Å². The molecular weight excluding hydrogens is 406 g/mol. The van der Waals surface area contributed by atoms with Gasteiger partial charge >= 0.3 is 5.97 Å². The number of hydrogen-bond donors (Lipinski definition) is 0. The van der Waals surface area contributed by atoms with E-state index < -0.39 is 23.5 Å². The number of carbonyl (C=O) groups is 2. The first-order chi connectivity index (χ1) is 13.4. The van der Waals surface area contributed by atoms with Crippen molar-refractivity contribution in [2.45, 2.75) is 18.4 Å². The zero-order valence-corrected chi connectivity index (χ0v) is 16.7. The van der Waals surface area contributed by atoms with E-state index in [2.05, 4.69) is 9.73 Å². The second-order valence-corrected chi connectivity index (χ2v) is 8.00. The second kappa shape index (κ2) is 8.66. The van der Waals surface area contributed by atoms with Crippen molar-refractivity contribution in [2.24, 2.45) is 4.99 Å². The fraction of sp³-hybridized carbons (Fsp3) is 0.211. The van der Waals surface area contributed by atoms with E-state index in [1.165, 1.54) is 11.7 Å². The molecule has 3 aromatic rings. The third-order valence-electron chi connectivity index (χ3n) is 3.82. The SMILES string of the molecule is CCSc1ccc(C(=O)N=c2sc3cc(F)cc(F)c3n2CC(=O)OC)cc1. The first-order valence-corrected chi connectivity index (χ1v) is 10.1. The quantitative estimate of drug-likeness (QED) is 0.461. The first kappa shape index (κ1) is 20.2. The van der Waals surface area contributed by atoms with Crippen molar-refractivity contribution in [3.05, 3.63) is 58.4 Å². The van der Waals surface area contributed by atoms with Crippen molar-refractivity contribution in [3.8, 4) is 0 Å². The smallest absolute Gasteiger partial charge is 0.325 e. The van der Waals surface area contributed by atoms with Crippen LogP contribution in [0.2, 0.25) is 0 Å². The molecule has 1 aromatic heterocycles. The molecular formula is C19H16F2N2O3S2. The molecule has 0 aliphatic carbocycles. The van der Waals surface area contributed by atoms with Crippen molar-refractivity contribution in [1.29, 1.82) is 0 Å². The highest BCUT2D eigenvalue weighted by atomic mass is 32.2. The summed E-state index contributed by atoms with van der Waals surface area (Å²) in [6, 6.07) is 8.80. The Hall–Kier alpha value is -2.52. The zero-order chi connectivity index (χ0) is 20.3. The summed E-state index contributed by atoms with van der Waals surface area (Å²) in [7, 11) is 1.20. The van der Waals surface area contributed by atoms with E-state index in [1.54, 1.807) is 23.9 Å². The maximum Gasteiger partial charge on any atom is 0.325 e. The van der Waals surface area contributed by atoms with Gasteiger partial charge < -0.3 is 9.30 Å². The van der Waals surface area contributed by atoms with E-state index in [-0.39, 0.29) is 21.6 Å². The van der Waals surface area contributed by atoms with Crippen molar-refractivity contribution < 1.29 is 23.1 Å². The molecule has 0 bridgehead atoms. The number of hydrogen-bond acceptors (Lipinski definition) is 5. The highest BCUT2D eigenvalue weighted by Crippen LogP contribution is 2.23. The normalized spacial score (nSPS) is 11.8. The number of thioether (sulfide) groups is 1. The first-order valence-electron chi connectivity index (χ1n) is 8.30. The van der Waals surface area contributed by atoms with Crippen LogP contribution in [0.25, 0.3) is 10.2 Å². The minimum Gasteiger partial charge on any atom is -0.468 e. The average Bonchev–Trinajstić information content (AvgIpc) is 2.99. The molecule has 9 heteroatoms. The lowest BCUT2D eigenvalue weighted by molar-refractivity contribution is -0.141. The summed E-state index contributed by atoms with van der Waals surface area (Å²) in [6.45, 7) is 1.68. The molecule has 1 heterocycles. The summed E-state index contributed by atoms with van der Waals surface area (Å²) in [4.78, 5) is 29.5. The van der Waals surface area contributed by atoms with Gasteiger partial charge in [-0.25, -0.2) is 8.78 Å². The Bertz CT molecular complexity index is 1100. The Labute approximate surface area is 167 Å². The molecule has 0 unspecified atom stereocenters. The summed E-state index contributed by atoms with van der Waals surface area (Å²) < 4.78 is 34.0. The maximum atomic E-state index is 14.3. The number of benzene rings is 2. The molecule has 1 amide bonds. The maximum absolute atomic E-state index is 14.3. The van der Waals surface area contributed by atoms with Gasteiger partial charge in [0.1, 0.15) is 12.4 Å². The largest absolute Gasteiger partial charge is 0.468 e. The van der Waals surface area contributed by atoms with E-state index in [9.17, 15) is 18.4 Å². The molecule has 0 N–H and O–H groups in total. The number of fused-ring (bicyclic) bond motifs is 1. The zero-order valence-electron chi connectivity index (χ0n) is 15.1. The molecule has 3 rings (SSSR count). The van der Waals surface area contributed by atoms with Crippen molar-refractivity contribution >= 4 is 45.2 Å². The lowest BCUT2D eigenvalue weighted by Crippen LogP contribution is -2.22. The van der Waals surface area contributed by atoms with Crippen LogP contribution in [0.1, 0.15) is 17.3 Å². The van der Waals surface area contributed by atoms with Gasteiger partial charge in [0.05, 0.1) is 17.3 Å². The van der Waals surface area contributed by atoms with E-state index >= 15 is 0 Å². The number of ether oxygens (including phenoxy) is 1. The Morgan fingerprint density at radius 1 is 1.21 bits per heavy atom. The van der Waals surface area contributed by atoms with Gasteiger partial charge in [-0.05, 0) is 36.1 Å². The van der Waals surface area contributed by atoms with Crippen LogP contribution in [0.3, 0.4) is 0 Å². The molecule has 0 fully saturated rings. The number of rotatable bonds is 5. The van der Waals surface area contributed by atoms with Crippen LogP contribution in [0.5, 0.6) is 0 Å². The summed E-state index contributed by atoms with van der Waals surface area (Å²) >= 11 is 2.57. The van der Waals surface area contributed by atoms with Crippen LogP contribution >= 0.6 is 23.1 Å². The topological polar surface area (TPSA) is 60.7 Å². The number of carbonyl (C=O) groups excluding carboxylic acids is 2. The predicted molar refractivity (Wildman–Crippen MR) is 104 cm³/mol. The van der Waals surface area contributed by atoms with Crippen LogP contribution in [0.15, 0.2) is 46.3 Å². The van der Waals surface area contributed by atoms with Gasteiger partial charge in [-0.3, -0.25) is 9.59 Å². The van der Waals surface area contributed by atoms with Gasteiger partial charge in [-0.15, -0.1) is 11.8 Å². The molecule has 0 radical (unpaired) electrons. The number of aromatic nitrogens is 1. The Balaban J connectivity index is 2.09. The van der Waals surface area contributed by atoms with Gasteiger partial charge in [0.15, 0.2) is 10.6 Å². The van der Waals surface area contributed by atoms with E-state index in [0.29, 0.717) is 5.56 Å². The highest BCUT2D eigenvalue weighted by Gasteiger charge is 2.17. The Morgan fingerprint density at radius 3 is 2.57 bits per heavy atom. The fourth-order valence-corrected chi connectivity index (χ4v) is 4.30. The van der Waals surface area contributed by atoms with Crippen LogP contribution in [0, 0.1) is 11.6 Å². The Morgan fingerprint density at radius 2 is 1.93 bits per heavy atom. The van der Waals surface area contributed by atoms with Crippen molar-refractivity contribution in [3.63, 3.8) is 0 Å². The average molecular weight is 422 g/mol. The minimum absolute atomic E-state index is 0.00181. The third kappa shape index (κ3) is 4.31. The van der Waals surface area contributed by atoms with E-state index in [4.69, 9.17) is 0 Å². The van der Waals surface area contributed by atoms with Crippen LogP contribution in [-0.4, -0.2) is 29.3 Å². The molecule has 28 heavy (non-hydrogen) atoms. The number of esters is 1. The van der Waals surface area contributed by atoms with Crippen LogP contribution < -0.4 is 4.80 Å². The molecule has 0 atom stereocenters. The summed E-state index contributed by atoms with van der Waals surface area (Å²) in [5, 5.41) is 0. The van der Waals surface area contributed by atoms with Gasteiger partial charge in [-0.2, -0.15) is 4.99 Å². The van der Waals surface area contributed by atoms with Gasteiger partial charge in [-0.1, -0.05) is 18.3 Å². The Kier molecular flexibility index (Phi) is 6.25. The number of nitrogens with zero attached hydrogens (tertiary/aromatic N) is 2. The van der Waals surface area contributed by atoms with Crippen LogP contribution in [-0.2, 0) is 16.1 Å². The second-order valence-electron chi connectivity index (χ2n) is 5.66. The standard InChI is InChI=1S/C19H16F2N2O3S2/c1-3-27-13-6-4-11(5-7-13)18(25)22-19-23(10-16(24)26-2)17-14(21)8-12(20)9-15(17)28-19/h4-9H,3,10H2,1-2H3. The number of halogens is 2. The molecule has 2 aromatic carbocycles. The van der Waals surface area contributed by atoms with Gasteiger partial charge in [0.25, 0.3) is 5.91 Å². The lowest BCUT2D eigenvalue weighted by atomic mass is 10.2. The number of methoxy groups -OCH3 is 1. The lowest BCUT2D eigenvalue weighted by Gasteiger charge is -2.04. The third-order valence-corrected chi connectivity index (χ3v) is 5.74. The summed E-state index contributed by atoms with van der Waals surface area (Å²) in [5.41, 5.74) is 0.354. The predicted octanol–water partition coefficient (Wildman–Crippen LogP) is 4.01. The number of amides is 1. The summed E-state index contributed by atoms with van der Waals surface area (Å²) in [5.74, 6) is -1.87. The van der Waals surface area contributed by atoms with E-state index in [0.717, 1.165) is 34.1 Å². The van der Waals surface area contributed by atoms with Crippen molar-refractivity contribution in [2.75, 3.05) is 12.9 Å². The molecule has 0 aliphatic heterocycles. The highest BCUT2D eigenvalue weighted by molar-refractivity contribution is 7.99. The number of thiazole rings is 1. The molecule has 0 saturated heterocycles. The van der Waals surface area contributed by atoms with Crippen molar-refractivity contribution in [1.82, 2.24) is 4.57 Å². The minimum atomic E-state index is -0.843. The van der Waals surface area contributed by atoms with Crippen LogP contribution in [0.4, 0.5) is 8.78 Å². The molecule has 0 aliphatic rings. The van der Waals surface area contributed by atoms with E-state index in [1.807, 2.05) is 19.1 Å². The fourth-order valence-electron chi connectivity index (χ4n) is 2.57. The monoisotopic (exact) mass is 422 g/mol. The molecule has 146 valence electrons.